The SMILES string of the molecule is c1ccc(N(c2ccccc2)c2ccc3c(c2)[nH]c2c3ccc3c2oc2ccc4ccccc4c23)cc1. The van der Waals surface area contributed by atoms with Gasteiger partial charge in [-0.15, -0.1) is 0 Å². The van der Waals surface area contributed by atoms with Crippen molar-refractivity contribution in [3.63, 3.8) is 0 Å². The molecule has 0 spiro atoms. The van der Waals surface area contributed by atoms with Crippen molar-refractivity contribution in [2.24, 2.45) is 0 Å². The number of benzene rings is 6. The number of hydrogen-bond donors (Lipinski definition) is 1. The first kappa shape index (κ1) is 20.2. The fourth-order valence-corrected chi connectivity index (χ4v) is 5.70. The molecule has 0 fully saturated rings. The van der Waals surface area contributed by atoms with Gasteiger partial charge in [0, 0.05) is 44.1 Å². The molecule has 0 aliphatic heterocycles. The molecule has 0 bridgehead atoms. The molecule has 174 valence electrons. The molecule has 0 unspecified atom stereocenters. The van der Waals surface area contributed by atoms with Crippen LogP contribution in [0.5, 0.6) is 0 Å². The summed E-state index contributed by atoms with van der Waals surface area (Å²) in [6, 6.07) is 44.8. The number of nitrogens with zero attached hydrogens (tertiary/aromatic N) is 1. The molecule has 0 aliphatic carbocycles. The van der Waals surface area contributed by atoms with Gasteiger partial charge in [-0.05, 0) is 59.3 Å². The van der Waals surface area contributed by atoms with Gasteiger partial charge in [0.25, 0.3) is 0 Å². The quantitative estimate of drug-likeness (QED) is 0.276. The normalized spacial score (nSPS) is 11.8. The van der Waals surface area contributed by atoms with E-state index in [1.54, 1.807) is 0 Å². The summed E-state index contributed by atoms with van der Waals surface area (Å²) in [5.41, 5.74) is 7.29. The van der Waals surface area contributed by atoms with Gasteiger partial charge in [0.05, 0.1) is 5.52 Å². The third-order valence-electron chi connectivity index (χ3n) is 7.37. The highest BCUT2D eigenvalue weighted by molar-refractivity contribution is 6.25. The Morgan fingerprint density at radius 3 is 1.97 bits per heavy atom. The maximum Gasteiger partial charge on any atom is 0.159 e. The molecule has 0 radical (unpaired) electrons. The molecule has 6 aromatic carbocycles. The lowest BCUT2D eigenvalue weighted by molar-refractivity contribution is 0.672. The lowest BCUT2D eigenvalue weighted by Crippen LogP contribution is -2.09. The minimum Gasteiger partial charge on any atom is -0.454 e. The summed E-state index contributed by atoms with van der Waals surface area (Å²) in [4.78, 5) is 5.99. The number of para-hydroxylation sites is 2. The summed E-state index contributed by atoms with van der Waals surface area (Å²) in [5, 5.41) is 7.12. The highest BCUT2D eigenvalue weighted by Gasteiger charge is 2.17. The van der Waals surface area contributed by atoms with E-state index in [0.717, 1.165) is 44.6 Å². The number of rotatable bonds is 3. The van der Waals surface area contributed by atoms with E-state index < -0.39 is 0 Å². The molecule has 0 atom stereocenters. The van der Waals surface area contributed by atoms with E-state index in [1.165, 1.54) is 26.9 Å². The second-order valence-corrected chi connectivity index (χ2v) is 9.49. The monoisotopic (exact) mass is 474 g/mol. The summed E-state index contributed by atoms with van der Waals surface area (Å²) in [5.74, 6) is 0. The van der Waals surface area contributed by atoms with Gasteiger partial charge in [0.2, 0.25) is 0 Å². The summed E-state index contributed by atoms with van der Waals surface area (Å²) in [7, 11) is 0. The Hall–Kier alpha value is -5.02. The van der Waals surface area contributed by atoms with Crippen LogP contribution in [0.3, 0.4) is 0 Å². The zero-order valence-corrected chi connectivity index (χ0v) is 20.0. The van der Waals surface area contributed by atoms with Gasteiger partial charge in [-0.1, -0.05) is 78.9 Å². The zero-order chi connectivity index (χ0) is 24.3. The zero-order valence-electron chi connectivity index (χ0n) is 20.0. The average Bonchev–Trinajstić information content (AvgIpc) is 3.53. The molecule has 8 rings (SSSR count). The first-order valence-corrected chi connectivity index (χ1v) is 12.5. The molecule has 0 saturated carbocycles. The molecule has 0 saturated heterocycles. The number of aromatic nitrogens is 1. The standard InChI is InChI=1S/C34H22N2O/c1-3-10-23(11-4-1)36(24-12-5-2-6-13-24)25-16-17-27-28-18-19-29-32-26-14-8-7-9-22(26)15-20-31(32)37-34(29)33(28)35-30(27)21-25/h1-21,35H. The topological polar surface area (TPSA) is 32.2 Å². The number of furan rings is 1. The lowest BCUT2D eigenvalue weighted by Gasteiger charge is -2.25. The molecule has 3 heteroatoms. The first-order chi connectivity index (χ1) is 18.3. The summed E-state index contributed by atoms with van der Waals surface area (Å²) < 4.78 is 6.48. The van der Waals surface area contributed by atoms with Gasteiger partial charge < -0.3 is 14.3 Å². The van der Waals surface area contributed by atoms with Crippen molar-refractivity contribution in [3.05, 3.63) is 127 Å². The van der Waals surface area contributed by atoms with Crippen LogP contribution in [0.1, 0.15) is 0 Å². The van der Waals surface area contributed by atoms with E-state index in [2.05, 4.69) is 137 Å². The van der Waals surface area contributed by atoms with Crippen LogP contribution < -0.4 is 4.90 Å². The van der Waals surface area contributed by atoms with Crippen molar-refractivity contribution in [1.29, 1.82) is 0 Å². The van der Waals surface area contributed by atoms with Gasteiger partial charge in [-0.25, -0.2) is 0 Å². The number of hydrogen-bond acceptors (Lipinski definition) is 2. The van der Waals surface area contributed by atoms with Crippen LogP contribution in [0.15, 0.2) is 132 Å². The molecule has 0 aliphatic rings. The highest BCUT2D eigenvalue weighted by Crippen LogP contribution is 2.41. The second-order valence-electron chi connectivity index (χ2n) is 9.49. The third kappa shape index (κ3) is 3.01. The van der Waals surface area contributed by atoms with Crippen molar-refractivity contribution in [3.8, 4) is 0 Å². The van der Waals surface area contributed by atoms with Crippen LogP contribution in [-0.4, -0.2) is 4.98 Å². The highest BCUT2D eigenvalue weighted by atomic mass is 16.3. The van der Waals surface area contributed by atoms with Crippen LogP contribution in [0.4, 0.5) is 17.1 Å². The van der Waals surface area contributed by atoms with Gasteiger partial charge in [-0.2, -0.15) is 0 Å². The first-order valence-electron chi connectivity index (χ1n) is 12.5. The number of aromatic amines is 1. The minimum absolute atomic E-state index is 0.907. The largest absolute Gasteiger partial charge is 0.454 e. The average molecular weight is 475 g/mol. The second kappa shape index (κ2) is 7.74. The van der Waals surface area contributed by atoms with Crippen molar-refractivity contribution >= 4 is 71.6 Å². The van der Waals surface area contributed by atoms with E-state index in [9.17, 15) is 0 Å². The van der Waals surface area contributed by atoms with E-state index >= 15 is 0 Å². The molecule has 1 N–H and O–H groups in total. The van der Waals surface area contributed by atoms with Crippen molar-refractivity contribution < 1.29 is 4.42 Å². The minimum atomic E-state index is 0.907. The Morgan fingerprint density at radius 1 is 0.514 bits per heavy atom. The Labute approximate surface area is 213 Å². The summed E-state index contributed by atoms with van der Waals surface area (Å²) >= 11 is 0. The molecule has 8 aromatic rings. The number of nitrogens with one attached hydrogen (secondary N) is 1. The maximum atomic E-state index is 6.48. The molecule has 0 amide bonds. The van der Waals surface area contributed by atoms with Crippen LogP contribution in [-0.2, 0) is 0 Å². The number of fused-ring (bicyclic) bond motifs is 9. The van der Waals surface area contributed by atoms with Crippen molar-refractivity contribution in [1.82, 2.24) is 4.98 Å². The maximum absolute atomic E-state index is 6.48. The summed E-state index contributed by atoms with van der Waals surface area (Å²) in [6.45, 7) is 0. The predicted molar refractivity (Wildman–Crippen MR) is 155 cm³/mol. The Kier molecular flexibility index (Phi) is 4.23. The molecule has 2 heterocycles. The Balaban J connectivity index is 1.37. The molecular weight excluding hydrogens is 452 g/mol. The van der Waals surface area contributed by atoms with Gasteiger partial charge in [-0.3, -0.25) is 0 Å². The van der Waals surface area contributed by atoms with E-state index in [1.807, 2.05) is 0 Å². The molecule has 2 aromatic heterocycles. The molecule has 3 nitrogen and oxygen atoms in total. The Bertz CT molecular complexity index is 2050. The smallest absolute Gasteiger partial charge is 0.159 e. The number of H-pyrrole nitrogens is 1. The Morgan fingerprint density at radius 2 is 1.19 bits per heavy atom. The van der Waals surface area contributed by atoms with Crippen molar-refractivity contribution in [2.75, 3.05) is 4.90 Å². The van der Waals surface area contributed by atoms with Crippen LogP contribution in [0.25, 0.3) is 54.5 Å². The van der Waals surface area contributed by atoms with E-state index in [-0.39, 0.29) is 0 Å². The molecular formula is C34H22N2O. The van der Waals surface area contributed by atoms with Crippen molar-refractivity contribution in [2.45, 2.75) is 0 Å². The summed E-state index contributed by atoms with van der Waals surface area (Å²) in [6.07, 6.45) is 0. The van der Waals surface area contributed by atoms with Gasteiger partial charge in [0.15, 0.2) is 5.58 Å². The van der Waals surface area contributed by atoms with Crippen LogP contribution in [0.2, 0.25) is 0 Å². The fraction of sp³-hybridized carbons (Fsp3) is 0. The van der Waals surface area contributed by atoms with E-state index in [4.69, 9.17) is 4.42 Å². The third-order valence-corrected chi connectivity index (χ3v) is 7.37. The van der Waals surface area contributed by atoms with Gasteiger partial charge >= 0.3 is 0 Å². The predicted octanol–water partition coefficient (Wildman–Crippen LogP) is 9.84. The fourth-order valence-electron chi connectivity index (χ4n) is 5.70. The van der Waals surface area contributed by atoms with Crippen LogP contribution >= 0.6 is 0 Å². The molecule has 37 heavy (non-hydrogen) atoms. The van der Waals surface area contributed by atoms with Gasteiger partial charge in [0.1, 0.15) is 5.58 Å². The van der Waals surface area contributed by atoms with E-state index in [0.29, 0.717) is 0 Å². The van der Waals surface area contributed by atoms with Crippen LogP contribution in [0, 0.1) is 0 Å². The number of anilines is 3. The lowest BCUT2D eigenvalue weighted by atomic mass is 10.0.